The lowest BCUT2D eigenvalue weighted by Gasteiger charge is -2.09. The van der Waals surface area contributed by atoms with E-state index in [1.807, 2.05) is 26.1 Å². The molecule has 0 saturated heterocycles. The Labute approximate surface area is 120 Å². The van der Waals surface area contributed by atoms with Gasteiger partial charge in [0.15, 0.2) is 0 Å². The number of aryl methyl sites for hydroxylation is 1. The van der Waals surface area contributed by atoms with Crippen molar-refractivity contribution in [2.24, 2.45) is 0 Å². The van der Waals surface area contributed by atoms with Gasteiger partial charge in [0.25, 0.3) is 5.91 Å². The summed E-state index contributed by atoms with van der Waals surface area (Å²) < 4.78 is 24.1. The summed E-state index contributed by atoms with van der Waals surface area (Å²) in [5, 5.41) is 5.79. The van der Waals surface area contributed by atoms with E-state index in [2.05, 4.69) is 15.4 Å². The fourth-order valence-corrected chi connectivity index (χ4v) is 2.25. The van der Waals surface area contributed by atoms with Crippen LogP contribution in [0.3, 0.4) is 0 Å². The molecule has 1 aromatic rings. The van der Waals surface area contributed by atoms with Gasteiger partial charge in [0.2, 0.25) is 10.0 Å². The predicted molar refractivity (Wildman–Crippen MR) is 80.5 cm³/mol. The molecule has 0 fully saturated rings. The summed E-state index contributed by atoms with van der Waals surface area (Å²) in [7, 11) is -1.33. The molecule has 0 bridgehead atoms. The smallest absolute Gasteiger partial charge is 0.251 e. The van der Waals surface area contributed by atoms with Crippen LogP contribution in [-0.2, 0) is 10.0 Å². The Bertz CT molecular complexity index is 570. The van der Waals surface area contributed by atoms with Crippen molar-refractivity contribution in [3.63, 3.8) is 0 Å². The Morgan fingerprint density at radius 3 is 2.50 bits per heavy atom. The second-order valence-electron chi connectivity index (χ2n) is 4.56. The molecule has 0 spiro atoms. The molecule has 0 atom stereocenters. The molecule has 6 nitrogen and oxygen atoms in total. The van der Waals surface area contributed by atoms with E-state index in [4.69, 9.17) is 0 Å². The topological polar surface area (TPSA) is 87.3 Å². The molecule has 1 amide bonds. The second-order valence-corrected chi connectivity index (χ2v) is 6.39. The van der Waals surface area contributed by atoms with Gasteiger partial charge < -0.3 is 10.6 Å². The zero-order valence-corrected chi connectivity index (χ0v) is 12.8. The minimum Gasteiger partial charge on any atom is -0.388 e. The minimum absolute atomic E-state index is 0.157. The van der Waals surface area contributed by atoms with Gasteiger partial charge in [-0.1, -0.05) is 0 Å². The highest BCUT2D eigenvalue weighted by atomic mass is 32.2. The summed E-state index contributed by atoms with van der Waals surface area (Å²) in [6, 6.07) is 5.42. The lowest BCUT2D eigenvalue weighted by atomic mass is 10.1. The van der Waals surface area contributed by atoms with Crippen LogP contribution < -0.4 is 15.4 Å². The second kappa shape index (κ2) is 7.25. The molecule has 0 unspecified atom stereocenters. The standard InChI is InChI=1S/C13H21N3O3S/c1-10-9-11(5-6-12(10)14-2)13(17)15-7-4-8-16-20(3,18)19/h5-6,9,14,16H,4,7-8H2,1-3H3,(H,15,17). The Morgan fingerprint density at radius 2 is 1.95 bits per heavy atom. The van der Waals surface area contributed by atoms with E-state index in [0.29, 0.717) is 25.1 Å². The van der Waals surface area contributed by atoms with Crippen molar-refractivity contribution in [1.29, 1.82) is 0 Å². The maximum absolute atomic E-state index is 11.9. The molecule has 0 saturated carbocycles. The zero-order chi connectivity index (χ0) is 15.2. The monoisotopic (exact) mass is 299 g/mol. The van der Waals surface area contributed by atoms with Gasteiger partial charge in [-0.3, -0.25) is 4.79 Å². The molecule has 7 heteroatoms. The van der Waals surface area contributed by atoms with Crippen molar-refractivity contribution in [3.8, 4) is 0 Å². The molecular weight excluding hydrogens is 278 g/mol. The molecule has 0 heterocycles. The van der Waals surface area contributed by atoms with Gasteiger partial charge in [0.1, 0.15) is 0 Å². The van der Waals surface area contributed by atoms with Crippen molar-refractivity contribution >= 4 is 21.6 Å². The largest absolute Gasteiger partial charge is 0.388 e. The summed E-state index contributed by atoms with van der Waals surface area (Å²) in [5.41, 5.74) is 2.58. The highest BCUT2D eigenvalue weighted by Crippen LogP contribution is 2.15. The average molecular weight is 299 g/mol. The van der Waals surface area contributed by atoms with E-state index in [1.54, 1.807) is 6.07 Å². The summed E-state index contributed by atoms with van der Waals surface area (Å²) >= 11 is 0. The Morgan fingerprint density at radius 1 is 1.25 bits per heavy atom. The van der Waals surface area contributed by atoms with Crippen LogP contribution in [0.2, 0.25) is 0 Å². The molecule has 0 aliphatic carbocycles. The van der Waals surface area contributed by atoms with Gasteiger partial charge in [0.05, 0.1) is 6.26 Å². The first-order valence-corrected chi connectivity index (χ1v) is 8.24. The van der Waals surface area contributed by atoms with E-state index in [0.717, 1.165) is 17.5 Å². The van der Waals surface area contributed by atoms with Crippen LogP contribution in [0.15, 0.2) is 18.2 Å². The number of nitrogens with one attached hydrogen (secondary N) is 3. The molecule has 0 radical (unpaired) electrons. The molecule has 0 aromatic heterocycles. The normalized spacial score (nSPS) is 11.2. The van der Waals surface area contributed by atoms with Crippen LogP contribution in [-0.4, -0.2) is 40.7 Å². The third-order valence-electron chi connectivity index (χ3n) is 2.76. The number of rotatable bonds is 7. The lowest BCUT2D eigenvalue weighted by Crippen LogP contribution is -2.29. The highest BCUT2D eigenvalue weighted by Gasteiger charge is 2.07. The van der Waals surface area contributed by atoms with Gasteiger partial charge in [-0.2, -0.15) is 0 Å². The van der Waals surface area contributed by atoms with E-state index in [-0.39, 0.29) is 5.91 Å². The number of hydrogen-bond acceptors (Lipinski definition) is 4. The third-order valence-corrected chi connectivity index (χ3v) is 3.49. The maximum atomic E-state index is 11.9. The van der Waals surface area contributed by atoms with Crippen molar-refractivity contribution in [3.05, 3.63) is 29.3 Å². The summed E-state index contributed by atoms with van der Waals surface area (Å²) in [4.78, 5) is 11.9. The van der Waals surface area contributed by atoms with E-state index >= 15 is 0 Å². The molecule has 3 N–H and O–H groups in total. The SMILES string of the molecule is CNc1ccc(C(=O)NCCCNS(C)(=O)=O)cc1C. The van der Waals surface area contributed by atoms with Crippen LogP contribution in [0.4, 0.5) is 5.69 Å². The van der Waals surface area contributed by atoms with E-state index in [9.17, 15) is 13.2 Å². The van der Waals surface area contributed by atoms with Gasteiger partial charge in [-0.15, -0.1) is 0 Å². The van der Waals surface area contributed by atoms with E-state index < -0.39 is 10.0 Å². The van der Waals surface area contributed by atoms with Gasteiger partial charge in [-0.05, 0) is 37.1 Å². The molecule has 0 aliphatic rings. The highest BCUT2D eigenvalue weighted by molar-refractivity contribution is 7.88. The molecule has 0 aliphatic heterocycles. The maximum Gasteiger partial charge on any atom is 0.251 e. The zero-order valence-electron chi connectivity index (χ0n) is 12.0. The fraction of sp³-hybridized carbons (Fsp3) is 0.462. The summed E-state index contributed by atoms with van der Waals surface area (Å²) in [5.74, 6) is -0.157. The summed E-state index contributed by atoms with van der Waals surface area (Å²) in [6.45, 7) is 2.67. The van der Waals surface area contributed by atoms with Crippen LogP contribution in [0.1, 0.15) is 22.3 Å². The van der Waals surface area contributed by atoms with Crippen molar-refractivity contribution in [2.45, 2.75) is 13.3 Å². The Kier molecular flexibility index (Phi) is 5.97. The van der Waals surface area contributed by atoms with Crippen LogP contribution in [0.5, 0.6) is 0 Å². The predicted octanol–water partition coefficient (Wildman–Crippen LogP) is 0.706. The molecule has 112 valence electrons. The number of benzene rings is 1. The fourth-order valence-electron chi connectivity index (χ4n) is 1.74. The van der Waals surface area contributed by atoms with Crippen LogP contribution in [0, 0.1) is 6.92 Å². The minimum atomic E-state index is -3.16. The Balaban J connectivity index is 2.42. The first kappa shape index (κ1) is 16.5. The van der Waals surface area contributed by atoms with Crippen molar-refractivity contribution < 1.29 is 13.2 Å². The molecule has 20 heavy (non-hydrogen) atoms. The number of carbonyl (C=O) groups is 1. The first-order valence-electron chi connectivity index (χ1n) is 6.34. The van der Waals surface area contributed by atoms with Crippen LogP contribution in [0.25, 0.3) is 0 Å². The van der Waals surface area contributed by atoms with Gasteiger partial charge in [0, 0.05) is 31.4 Å². The lowest BCUT2D eigenvalue weighted by molar-refractivity contribution is 0.0953. The summed E-state index contributed by atoms with van der Waals surface area (Å²) in [6.07, 6.45) is 1.66. The van der Waals surface area contributed by atoms with Crippen LogP contribution >= 0.6 is 0 Å². The first-order chi connectivity index (χ1) is 9.33. The number of anilines is 1. The number of hydrogen-bond donors (Lipinski definition) is 3. The van der Waals surface area contributed by atoms with Crippen molar-refractivity contribution in [2.75, 3.05) is 31.7 Å². The number of carbonyl (C=O) groups excluding carboxylic acids is 1. The quantitative estimate of drug-likeness (QED) is 0.647. The third kappa shape index (κ3) is 5.58. The molecule has 1 aromatic carbocycles. The number of sulfonamides is 1. The van der Waals surface area contributed by atoms with Gasteiger partial charge in [-0.25, -0.2) is 13.1 Å². The average Bonchev–Trinajstić information content (AvgIpc) is 2.36. The van der Waals surface area contributed by atoms with Crippen molar-refractivity contribution in [1.82, 2.24) is 10.0 Å². The Hall–Kier alpha value is -1.60. The molecular formula is C13H21N3O3S. The molecule has 1 rings (SSSR count). The van der Waals surface area contributed by atoms with E-state index in [1.165, 1.54) is 0 Å². The van der Waals surface area contributed by atoms with Gasteiger partial charge >= 0.3 is 0 Å². The number of amides is 1.